The van der Waals surface area contributed by atoms with Gasteiger partial charge in [0.25, 0.3) is 0 Å². The number of ether oxygens (including phenoxy) is 3. The number of amides is 3. The number of hydrogen-bond donors (Lipinski definition) is 3. The largest absolute Gasteiger partial charge is 0.468 e. The number of hydrogen-bond acceptors (Lipinski definition) is 9. The number of allylic oxidation sites excluding steroid dienone is 5. The molecular weight excluding hydrogens is 586 g/mol. The lowest BCUT2D eigenvalue weighted by Crippen LogP contribution is -2.50. The van der Waals surface area contributed by atoms with Crippen LogP contribution in [0.3, 0.4) is 0 Å². The fraction of sp³-hybridized carbons (Fsp3) is 0.656. The van der Waals surface area contributed by atoms with Gasteiger partial charge in [-0.25, -0.2) is 9.59 Å². The summed E-state index contributed by atoms with van der Waals surface area (Å²) in [7, 11) is 2.38. The van der Waals surface area contributed by atoms with Gasteiger partial charge in [0, 0.05) is 17.9 Å². The van der Waals surface area contributed by atoms with Gasteiger partial charge in [0.15, 0.2) is 0 Å². The second kappa shape index (κ2) is 22.3. The summed E-state index contributed by atoms with van der Waals surface area (Å²) >= 11 is 1.46. The lowest BCUT2D eigenvalue weighted by molar-refractivity contribution is -0.143. The summed E-state index contributed by atoms with van der Waals surface area (Å²) in [5.74, 6) is -1.52. The highest BCUT2D eigenvalue weighted by Crippen LogP contribution is 2.14. The lowest BCUT2D eigenvalue weighted by Gasteiger charge is -2.23. The number of esters is 2. The molecule has 0 spiro atoms. The van der Waals surface area contributed by atoms with Gasteiger partial charge in [-0.2, -0.15) is 11.8 Å². The van der Waals surface area contributed by atoms with Gasteiger partial charge < -0.3 is 30.2 Å². The average molecular weight is 640 g/mol. The first-order valence-corrected chi connectivity index (χ1v) is 16.0. The maximum atomic E-state index is 12.8. The minimum atomic E-state index is -1.12. The molecule has 2 unspecified atom stereocenters. The molecule has 0 heterocycles. The summed E-state index contributed by atoms with van der Waals surface area (Å²) in [5.41, 5.74) is 3.16. The molecule has 0 saturated carbocycles. The number of carbonyl (C=O) groups excluding carboxylic acids is 5. The molecule has 0 radical (unpaired) electrons. The molecule has 0 rings (SSSR count). The summed E-state index contributed by atoms with van der Waals surface area (Å²) in [5, 5.41) is 7.56. The van der Waals surface area contributed by atoms with E-state index in [0.717, 1.165) is 25.7 Å². The van der Waals surface area contributed by atoms with Crippen LogP contribution < -0.4 is 16.0 Å². The van der Waals surface area contributed by atoms with Gasteiger partial charge >= 0.3 is 18.0 Å². The fourth-order valence-corrected chi connectivity index (χ4v) is 4.66. The van der Waals surface area contributed by atoms with E-state index in [-0.39, 0.29) is 25.1 Å². The molecule has 0 saturated heterocycles. The zero-order valence-electron chi connectivity index (χ0n) is 27.9. The van der Waals surface area contributed by atoms with Crippen LogP contribution in [0.25, 0.3) is 0 Å². The van der Waals surface area contributed by atoms with Crippen molar-refractivity contribution in [1.29, 1.82) is 0 Å². The van der Waals surface area contributed by atoms with Crippen molar-refractivity contribution >= 4 is 41.6 Å². The number of methoxy groups -OCH3 is 2. The summed E-state index contributed by atoms with van der Waals surface area (Å²) in [6, 6.07) is -2.06. The number of rotatable bonds is 19. The number of alkyl carbamates (subject to hydrolysis) is 1. The van der Waals surface area contributed by atoms with E-state index in [1.54, 1.807) is 20.8 Å². The first-order valence-electron chi connectivity index (χ1n) is 14.8. The van der Waals surface area contributed by atoms with E-state index in [9.17, 15) is 24.0 Å². The maximum Gasteiger partial charge on any atom is 0.408 e. The highest BCUT2D eigenvalue weighted by Gasteiger charge is 2.27. The molecule has 0 aromatic rings. The van der Waals surface area contributed by atoms with Crippen LogP contribution in [-0.4, -0.2) is 79.8 Å². The zero-order valence-corrected chi connectivity index (χ0v) is 28.7. The van der Waals surface area contributed by atoms with Gasteiger partial charge in [0.05, 0.1) is 14.2 Å². The van der Waals surface area contributed by atoms with Crippen LogP contribution in [-0.2, 0) is 33.4 Å². The molecule has 0 aromatic heterocycles. The third-order valence-electron chi connectivity index (χ3n) is 6.08. The monoisotopic (exact) mass is 639 g/mol. The quantitative estimate of drug-likeness (QED) is 0.0787. The minimum absolute atomic E-state index is 0.0772. The first kappa shape index (κ1) is 40.7. The van der Waals surface area contributed by atoms with Gasteiger partial charge in [-0.05, 0) is 80.6 Å². The predicted octanol–water partition coefficient (Wildman–Crippen LogP) is 4.76. The molecule has 2 atom stereocenters. The highest BCUT2D eigenvalue weighted by atomic mass is 32.2. The van der Waals surface area contributed by atoms with Crippen molar-refractivity contribution in [2.75, 3.05) is 32.3 Å². The average Bonchev–Trinajstić information content (AvgIpc) is 2.93. The Hall–Kier alpha value is -3.28. The molecule has 0 aliphatic rings. The van der Waals surface area contributed by atoms with Gasteiger partial charge in [-0.15, -0.1) is 0 Å². The molecule has 0 bridgehead atoms. The Bertz CT molecular complexity index is 1040. The molecule has 0 fully saturated rings. The van der Waals surface area contributed by atoms with E-state index in [1.807, 2.05) is 0 Å². The maximum absolute atomic E-state index is 12.8. The standard InChI is InChI=1S/C32H53N3O8S/c1-22(2)12-10-13-23(3)14-11-15-24(4)18-19-44-21-26(29(38)33-20-28(37)41-8)34-27(36)17-16-25(30(39)42-9)35-31(40)43-32(5,6)7/h12,14,18,25-26H,10-11,13,15-17,19-21H2,1-9H3,(H,33,38)(H,34,36)(H,35,40)/b23-14+,24-18+. The van der Waals surface area contributed by atoms with Gasteiger partial charge in [-0.1, -0.05) is 34.9 Å². The van der Waals surface area contributed by atoms with Crippen molar-refractivity contribution in [2.45, 2.75) is 105 Å². The molecule has 12 heteroatoms. The summed E-state index contributed by atoms with van der Waals surface area (Å²) in [6.45, 7) is 13.1. The van der Waals surface area contributed by atoms with Crippen LogP contribution >= 0.6 is 11.8 Å². The topological polar surface area (TPSA) is 149 Å². The smallest absolute Gasteiger partial charge is 0.408 e. The van der Waals surface area contributed by atoms with E-state index in [0.29, 0.717) is 5.75 Å². The second-order valence-electron chi connectivity index (χ2n) is 11.7. The van der Waals surface area contributed by atoms with Crippen molar-refractivity contribution in [3.8, 4) is 0 Å². The molecule has 3 N–H and O–H groups in total. The molecule has 11 nitrogen and oxygen atoms in total. The van der Waals surface area contributed by atoms with E-state index in [4.69, 9.17) is 9.47 Å². The molecule has 250 valence electrons. The van der Waals surface area contributed by atoms with E-state index in [1.165, 1.54) is 42.7 Å². The van der Waals surface area contributed by atoms with Gasteiger partial charge in [-0.3, -0.25) is 14.4 Å². The molecule has 44 heavy (non-hydrogen) atoms. The molecule has 3 amide bonds. The molecule has 0 aliphatic carbocycles. The molecular formula is C32H53N3O8S. The normalized spacial score (nSPS) is 13.2. The summed E-state index contributed by atoms with van der Waals surface area (Å²) in [6.07, 6.45) is 9.53. The van der Waals surface area contributed by atoms with Crippen molar-refractivity contribution in [3.05, 3.63) is 34.9 Å². The summed E-state index contributed by atoms with van der Waals surface area (Å²) in [4.78, 5) is 61.4. The SMILES string of the molecule is COC(=O)CNC(=O)C(CSC/C=C(\C)CC/C=C(\C)CCC=C(C)C)NC(=O)CCC(NC(=O)OC(C)(C)C)C(=O)OC. The molecule has 0 aliphatic heterocycles. The lowest BCUT2D eigenvalue weighted by atomic mass is 10.1. The first-order chi connectivity index (χ1) is 20.6. The van der Waals surface area contributed by atoms with Crippen molar-refractivity contribution in [2.24, 2.45) is 0 Å². The van der Waals surface area contributed by atoms with Crippen LogP contribution in [0.2, 0.25) is 0 Å². The van der Waals surface area contributed by atoms with Gasteiger partial charge in [0.1, 0.15) is 24.2 Å². The van der Waals surface area contributed by atoms with Crippen LogP contribution in [0.4, 0.5) is 4.79 Å². The Morgan fingerprint density at radius 1 is 0.795 bits per heavy atom. The molecule has 0 aromatic carbocycles. The number of carbonyl (C=O) groups is 5. The Balaban J connectivity index is 5.11. The van der Waals surface area contributed by atoms with Crippen LogP contribution in [0.1, 0.15) is 87.0 Å². The fourth-order valence-electron chi connectivity index (χ4n) is 3.65. The Kier molecular flexibility index (Phi) is 20.6. The van der Waals surface area contributed by atoms with E-state index in [2.05, 4.69) is 66.6 Å². The summed E-state index contributed by atoms with van der Waals surface area (Å²) < 4.78 is 14.5. The van der Waals surface area contributed by atoms with Gasteiger partial charge in [0.2, 0.25) is 11.8 Å². The minimum Gasteiger partial charge on any atom is -0.468 e. The number of thioether (sulfide) groups is 1. The Morgan fingerprint density at radius 2 is 1.41 bits per heavy atom. The van der Waals surface area contributed by atoms with E-state index < -0.39 is 47.5 Å². The van der Waals surface area contributed by atoms with E-state index >= 15 is 0 Å². The van der Waals surface area contributed by atoms with Crippen molar-refractivity contribution in [1.82, 2.24) is 16.0 Å². The van der Waals surface area contributed by atoms with Crippen LogP contribution in [0, 0.1) is 0 Å². The predicted molar refractivity (Wildman–Crippen MR) is 174 cm³/mol. The van der Waals surface area contributed by atoms with Crippen LogP contribution in [0.15, 0.2) is 34.9 Å². The van der Waals surface area contributed by atoms with Crippen molar-refractivity contribution in [3.63, 3.8) is 0 Å². The highest BCUT2D eigenvalue weighted by molar-refractivity contribution is 7.99. The zero-order chi connectivity index (χ0) is 33.7. The Morgan fingerprint density at radius 3 is 1.98 bits per heavy atom. The van der Waals surface area contributed by atoms with Crippen LogP contribution in [0.5, 0.6) is 0 Å². The third-order valence-corrected chi connectivity index (χ3v) is 7.05. The third kappa shape index (κ3) is 21.4. The number of nitrogens with one attached hydrogen (secondary N) is 3. The second-order valence-corrected chi connectivity index (χ2v) is 12.7. The van der Waals surface area contributed by atoms with Crippen molar-refractivity contribution < 1.29 is 38.2 Å². The Labute approximate surface area is 267 Å².